The van der Waals surface area contributed by atoms with Crippen molar-refractivity contribution in [3.05, 3.63) is 0 Å². The molecule has 2 N–H and O–H groups in total. The van der Waals surface area contributed by atoms with Crippen LogP contribution in [0.5, 0.6) is 5.88 Å². The fraction of sp³-hybridized carbons (Fsp3) is 0.846. The number of aliphatic hydroxyl groups is 1. The van der Waals surface area contributed by atoms with Crippen LogP contribution in [0.25, 0.3) is 0 Å². The molecule has 0 amide bonds. The lowest BCUT2D eigenvalue weighted by Gasteiger charge is -2.27. The molecule has 0 radical (unpaired) electrons. The summed E-state index contributed by atoms with van der Waals surface area (Å²) >= 11 is 0.572. The molecular weight excluding hydrogens is 292 g/mol. The number of ether oxygens (including phenoxy) is 2. The van der Waals surface area contributed by atoms with E-state index >= 15 is 0 Å². The summed E-state index contributed by atoms with van der Waals surface area (Å²) < 4.78 is 109. The monoisotopic (exact) mass is 328 g/mol. The van der Waals surface area contributed by atoms with Crippen molar-refractivity contribution in [2.24, 2.45) is 0 Å². The second kappa shape index (κ2) is 7.35. The molecule has 8 heteroatoms. The van der Waals surface area contributed by atoms with E-state index in [0.717, 1.165) is 11.8 Å². The van der Waals surface area contributed by atoms with Gasteiger partial charge in [-0.15, -0.1) is 4.37 Å². The van der Waals surface area contributed by atoms with Gasteiger partial charge in [0.2, 0.25) is 5.82 Å². The van der Waals surface area contributed by atoms with Gasteiger partial charge in [-0.2, -0.15) is 4.37 Å². The van der Waals surface area contributed by atoms with Crippen molar-refractivity contribution >= 4 is 17.5 Å². The molecular formula is C13H24N4O3S. The fourth-order valence-electron chi connectivity index (χ4n) is 1.38. The third kappa shape index (κ3) is 5.39. The first-order valence-corrected chi connectivity index (χ1v) is 6.73. The molecule has 120 valence electrons. The summed E-state index contributed by atoms with van der Waals surface area (Å²) in [5, 5.41) is 12.5. The van der Waals surface area contributed by atoms with Gasteiger partial charge < -0.3 is 24.8 Å². The topological polar surface area (TPSA) is 79.7 Å². The van der Waals surface area contributed by atoms with Gasteiger partial charge in [-0.3, -0.25) is 0 Å². The summed E-state index contributed by atoms with van der Waals surface area (Å²) in [6.07, 6.45) is -2.06. The van der Waals surface area contributed by atoms with Crippen molar-refractivity contribution in [3.8, 4) is 5.88 Å². The van der Waals surface area contributed by atoms with Gasteiger partial charge >= 0.3 is 0 Å². The quantitative estimate of drug-likeness (QED) is 0.787. The summed E-state index contributed by atoms with van der Waals surface area (Å²) in [5.74, 6) is -0.651. The highest BCUT2D eigenvalue weighted by Gasteiger charge is 2.21. The fourth-order valence-corrected chi connectivity index (χ4v) is 1.88. The number of nitrogens with zero attached hydrogens (tertiary/aromatic N) is 3. The van der Waals surface area contributed by atoms with E-state index in [4.69, 9.17) is 25.9 Å². The van der Waals surface area contributed by atoms with Crippen molar-refractivity contribution in [2.45, 2.75) is 32.3 Å². The lowest BCUT2D eigenvalue weighted by molar-refractivity contribution is 0.0975. The van der Waals surface area contributed by atoms with E-state index in [1.54, 1.807) is 0 Å². The van der Waals surface area contributed by atoms with Crippen molar-refractivity contribution < 1.29 is 31.0 Å². The molecule has 0 bridgehead atoms. The van der Waals surface area contributed by atoms with Crippen molar-refractivity contribution in [3.63, 3.8) is 0 Å². The Morgan fingerprint density at radius 3 is 3.10 bits per heavy atom. The number of anilines is 1. The van der Waals surface area contributed by atoms with Crippen LogP contribution >= 0.6 is 11.7 Å². The zero-order valence-electron chi connectivity index (χ0n) is 23.2. The highest BCUT2D eigenvalue weighted by molar-refractivity contribution is 6.99. The summed E-state index contributed by atoms with van der Waals surface area (Å²) in [6.45, 7) is -14.5. The SMILES string of the molecule is [2H]C1([2H])CN(c2nsnc2OC([2H])([2H])[C@@H](O)CNC(C)(C([2H])([2H])[2H])C([2H])([2H])[2H])CC([2H])([2H])O1. The van der Waals surface area contributed by atoms with Crippen LogP contribution in [-0.2, 0) is 4.74 Å². The van der Waals surface area contributed by atoms with Gasteiger partial charge in [0.1, 0.15) is 12.7 Å². The van der Waals surface area contributed by atoms with Gasteiger partial charge in [0.05, 0.1) is 33.1 Å². The van der Waals surface area contributed by atoms with Gasteiger partial charge in [0.15, 0.2) is 0 Å². The predicted octanol–water partition coefficient (Wildman–Crippen LogP) is 0.502. The standard InChI is InChI=1S/C13H24N4O3S/c1-13(2,3)14-8-10(18)9-20-12-11(15-21-16-12)17-4-6-19-7-5-17/h10,14,18H,4-9H2,1-3H3/t10-/m0/s1/i1D3,2D3,6D2,7D2,9D2. The minimum absolute atomic E-state index is 0.185. The van der Waals surface area contributed by atoms with E-state index in [-0.39, 0.29) is 5.82 Å². The molecule has 1 aliphatic rings. The first-order valence-electron chi connectivity index (χ1n) is 12.0. The Balaban J connectivity index is 2.18. The Bertz CT molecular complexity index is 800. The second-order valence-corrected chi connectivity index (χ2v) is 4.91. The molecule has 0 spiro atoms. The van der Waals surface area contributed by atoms with Crippen molar-refractivity contribution in [2.75, 3.05) is 44.2 Å². The number of hydrogen-bond donors (Lipinski definition) is 2. The minimum atomic E-state index is -3.01. The van der Waals surface area contributed by atoms with Crippen molar-refractivity contribution in [1.29, 1.82) is 0 Å². The zero-order valence-corrected chi connectivity index (χ0v) is 12.0. The molecule has 2 rings (SSSR count). The smallest absolute Gasteiger partial charge is 0.270 e. The number of aromatic nitrogens is 2. The maximum absolute atomic E-state index is 10.3. The minimum Gasteiger partial charge on any atom is -0.472 e. The normalized spacial score (nSPS) is 33.0. The Morgan fingerprint density at radius 1 is 1.62 bits per heavy atom. The van der Waals surface area contributed by atoms with Crippen LogP contribution in [0.4, 0.5) is 5.82 Å². The van der Waals surface area contributed by atoms with Gasteiger partial charge in [-0.05, 0) is 20.6 Å². The number of nitrogens with one attached hydrogen (secondary N) is 1. The highest BCUT2D eigenvalue weighted by atomic mass is 32.1. The van der Waals surface area contributed by atoms with E-state index in [1.807, 2.05) is 0 Å². The van der Waals surface area contributed by atoms with E-state index in [0.29, 0.717) is 11.7 Å². The Hall–Kier alpha value is -0.960. The molecule has 1 aromatic heterocycles. The first kappa shape index (κ1) is 6.66. The highest BCUT2D eigenvalue weighted by Crippen LogP contribution is 2.26. The average Bonchev–Trinajstić information content (AvgIpc) is 3.01. The van der Waals surface area contributed by atoms with E-state index in [1.165, 1.54) is 0 Å². The first-order chi connectivity index (χ1) is 14.6. The largest absolute Gasteiger partial charge is 0.472 e. The molecule has 1 fully saturated rings. The lowest BCUT2D eigenvalue weighted by atomic mass is 10.1. The van der Waals surface area contributed by atoms with Crippen molar-refractivity contribution in [1.82, 2.24) is 14.1 Å². The van der Waals surface area contributed by atoms with Crippen LogP contribution in [0.3, 0.4) is 0 Å². The zero-order chi connectivity index (χ0) is 25.7. The number of hydrogen-bond acceptors (Lipinski definition) is 8. The molecule has 1 atom stereocenters. The molecule has 2 heterocycles. The molecule has 0 saturated carbocycles. The van der Waals surface area contributed by atoms with Crippen LogP contribution in [0.15, 0.2) is 0 Å². The van der Waals surface area contributed by atoms with Gasteiger partial charge in [0, 0.05) is 33.4 Å². The molecule has 1 aromatic rings. The Morgan fingerprint density at radius 2 is 2.38 bits per heavy atom. The van der Waals surface area contributed by atoms with Gasteiger partial charge in [0.25, 0.3) is 5.88 Å². The second-order valence-electron chi connectivity index (χ2n) is 4.38. The van der Waals surface area contributed by atoms with Crippen LogP contribution in [0, 0.1) is 0 Å². The van der Waals surface area contributed by atoms with Crippen LogP contribution in [0.2, 0.25) is 0 Å². The summed E-state index contributed by atoms with van der Waals surface area (Å²) in [7, 11) is 0. The Kier molecular flexibility index (Phi) is 2.33. The molecule has 1 aliphatic heterocycles. The predicted molar refractivity (Wildman–Crippen MR) is 82.2 cm³/mol. The summed E-state index contributed by atoms with van der Waals surface area (Å²) in [6, 6.07) is 0. The third-order valence-corrected chi connectivity index (χ3v) is 2.84. The molecule has 1 saturated heterocycles. The van der Waals surface area contributed by atoms with Crippen LogP contribution < -0.4 is 15.0 Å². The van der Waals surface area contributed by atoms with E-state index in [9.17, 15) is 5.11 Å². The maximum Gasteiger partial charge on any atom is 0.270 e. The molecule has 0 unspecified atom stereocenters. The number of morpholine rings is 1. The molecule has 0 aliphatic carbocycles. The number of aliphatic hydroxyl groups excluding tert-OH is 1. The summed E-state index contributed by atoms with van der Waals surface area (Å²) in [4.78, 5) is 1.11. The number of rotatable bonds is 6. The van der Waals surface area contributed by atoms with E-state index in [2.05, 4.69) is 14.1 Å². The number of β-amino-alcohol motifs (C(OH)–C–C–N with tert-alkyl or cyclic N) is 1. The van der Waals surface area contributed by atoms with Crippen LogP contribution in [0.1, 0.15) is 37.1 Å². The van der Waals surface area contributed by atoms with E-state index < -0.39 is 70.5 Å². The molecule has 0 aromatic carbocycles. The lowest BCUT2D eigenvalue weighted by Crippen LogP contribution is -2.42. The summed E-state index contributed by atoms with van der Waals surface area (Å²) in [5.41, 5.74) is -2.45. The van der Waals surface area contributed by atoms with Gasteiger partial charge in [-0.1, -0.05) is 0 Å². The van der Waals surface area contributed by atoms with Crippen LogP contribution in [-0.4, -0.2) is 64.8 Å². The maximum atomic E-state index is 10.3. The molecule has 7 nitrogen and oxygen atoms in total. The van der Waals surface area contributed by atoms with Gasteiger partial charge in [-0.25, -0.2) is 0 Å². The average molecular weight is 329 g/mol. The molecule has 21 heavy (non-hydrogen) atoms. The third-order valence-electron chi connectivity index (χ3n) is 2.34. The Labute approximate surface area is 146 Å².